The minimum atomic E-state index is -4.43. The predicted molar refractivity (Wildman–Crippen MR) is 86.4 cm³/mol. The largest absolute Gasteiger partial charge is 0.837 e. The van der Waals surface area contributed by atoms with Crippen molar-refractivity contribution < 1.29 is 22.8 Å². The Hall–Kier alpha value is -2.61. The van der Waals surface area contributed by atoms with Gasteiger partial charge in [-0.3, -0.25) is 0 Å². The molecule has 4 nitrogen and oxygen atoms in total. The average Bonchev–Trinajstić information content (AvgIpc) is 2.92. The number of rotatable bonds is 1. The van der Waals surface area contributed by atoms with E-state index in [1.165, 1.54) is 16.6 Å². The van der Waals surface area contributed by atoms with E-state index in [4.69, 9.17) is 0 Å². The molecule has 0 saturated carbocycles. The lowest BCUT2D eigenvalue weighted by Gasteiger charge is -2.06. The van der Waals surface area contributed by atoms with E-state index < -0.39 is 17.6 Å². The third-order valence-electron chi connectivity index (χ3n) is 3.91. The second-order valence-corrected chi connectivity index (χ2v) is 6.31. The van der Waals surface area contributed by atoms with Gasteiger partial charge in [-0.1, -0.05) is 16.6 Å². The Morgan fingerprint density at radius 2 is 1.68 bits per heavy atom. The zero-order valence-electron chi connectivity index (χ0n) is 12.5. The topological polar surface area (TPSA) is 45.0 Å². The van der Waals surface area contributed by atoms with Crippen molar-refractivity contribution in [3.8, 4) is 11.6 Å². The van der Waals surface area contributed by atoms with E-state index in [1.54, 1.807) is 6.07 Å². The van der Waals surface area contributed by atoms with E-state index in [0.29, 0.717) is 5.52 Å². The highest BCUT2D eigenvalue weighted by atomic mass is 79.9. The fourth-order valence-corrected chi connectivity index (χ4v) is 3.25. The summed E-state index contributed by atoms with van der Waals surface area (Å²) >= 11 is 3.43. The van der Waals surface area contributed by atoms with Crippen molar-refractivity contribution in [2.24, 2.45) is 0 Å². The normalized spacial score (nSPS) is 12.2. The van der Waals surface area contributed by atoms with Gasteiger partial charge in [-0.15, -0.1) is 4.68 Å². The molecule has 4 rings (SSSR count). The molecule has 0 amide bonds. The van der Waals surface area contributed by atoms with Gasteiger partial charge in [0.05, 0.1) is 5.56 Å². The Morgan fingerprint density at radius 3 is 2.36 bits per heavy atom. The molecule has 0 radical (unpaired) electrons. The molecule has 0 spiro atoms. The van der Waals surface area contributed by atoms with Crippen LogP contribution in [0.15, 0.2) is 59.1 Å². The van der Waals surface area contributed by atoms with Crippen molar-refractivity contribution in [3.63, 3.8) is 0 Å². The first-order chi connectivity index (χ1) is 11.9. The number of alkyl halides is 3. The van der Waals surface area contributed by atoms with Crippen LogP contribution in [0.2, 0.25) is 0 Å². The van der Waals surface area contributed by atoms with Gasteiger partial charge in [0.2, 0.25) is 0 Å². The SMILES string of the molecule is [O-]c1c2cc(Br)c3ccccc3[n+]2nn1-c1ccc(C(F)(F)F)cc1. The van der Waals surface area contributed by atoms with E-state index >= 15 is 0 Å². The minimum Gasteiger partial charge on any atom is -0.837 e. The molecule has 0 fully saturated rings. The van der Waals surface area contributed by atoms with Crippen LogP contribution in [0.25, 0.3) is 22.1 Å². The Bertz CT molecular complexity index is 1100. The van der Waals surface area contributed by atoms with Crippen LogP contribution in [-0.2, 0) is 6.18 Å². The molecule has 2 aromatic heterocycles. The fourth-order valence-electron chi connectivity index (χ4n) is 2.70. The molecule has 0 aliphatic heterocycles. The quantitative estimate of drug-likeness (QED) is 0.452. The second-order valence-electron chi connectivity index (χ2n) is 5.46. The molecule has 0 bridgehead atoms. The molecule has 0 aliphatic carbocycles. The van der Waals surface area contributed by atoms with Crippen LogP contribution in [-0.4, -0.2) is 9.90 Å². The first-order valence-electron chi connectivity index (χ1n) is 7.23. The Balaban J connectivity index is 1.94. The smallest absolute Gasteiger partial charge is 0.416 e. The molecule has 0 saturated heterocycles. The summed E-state index contributed by atoms with van der Waals surface area (Å²) < 4.78 is 41.4. The summed E-state index contributed by atoms with van der Waals surface area (Å²) in [5.41, 5.74) is 0.531. The third-order valence-corrected chi connectivity index (χ3v) is 4.57. The molecule has 8 heteroatoms. The first-order valence-corrected chi connectivity index (χ1v) is 8.02. The summed E-state index contributed by atoms with van der Waals surface area (Å²) in [7, 11) is 0. The van der Waals surface area contributed by atoms with Gasteiger partial charge in [-0.2, -0.15) is 13.2 Å². The molecule has 25 heavy (non-hydrogen) atoms. The van der Waals surface area contributed by atoms with E-state index in [1.807, 2.05) is 24.3 Å². The van der Waals surface area contributed by atoms with Crippen LogP contribution in [0, 0.1) is 0 Å². The van der Waals surface area contributed by atoms with E-state index in [0.717, 1.165) is 32.2 Å². The number of fused-ring (bicyclic) bond motifs is 3. The van der Waals surface area contributed by atoms with Crippen molar-refractivity contribution in [2.75, 3.05) is 0 Å². The maximum absolute atomic E-state index is 12.7. The maximum atomic E-state index is 12.7. The van der Waals surface area contributed by atoms with Crippen molar-refractivity contribution in [3.05, 3.63) is 64.6 Å². The van der Waals surface area contributed by atoms with Crippen molar-refractivity contribution in [2.45, 2.75) is 6.18 Å². The van der Waals surface area contributed by atoms with Gasteiger partial charge >= 0.3 is 6.18 Å². The van der Waals surface area contributed by atoms with Gasteiger partial charge < -0.3 is 5.11 Å². The van der Waals surface area contributed by atoms with Gasteiger partial charge in [-0.05, 0) is 52.3 Å². The molecule has 0 aliphatic rings. The lowest BCUT2D eigenvalue weighted by atomic mass is 10.2. The molecule has 2 heterocycles. The molecule has 0 atom stereocenters. The first kappa shape index (κ1) is 15.9. The third kappa shape index (κ3) is 2.53. The standard InChI is InChI=1S/C17H9BrF3N3O/c18-13-9-15-16(25)23(11-7-5-10(6-8-11)17(19,20)21)22-24(15)14-4-2-1-3-12(13)14/h1-9H. The molecule has 0 unspecified atom stereocenters. The summed E-state index contributed by atoms with van der Waals surface area (Å²) in [6, 6.07) is 13.4. The van der Waals surface area contributed by atoms with E-state index in [2.05, 4.69) is 21.1 Å². The van der Waals surface area contributed by atoms with Crippen LogP contribution >= 0.6 is 15.9 Å². The highest BCUT2D eigenvalue weighted by Gasteiger charge is 2.30. The highest BCUT2D eigenvalue weighted by Crippen LogP contribution is 2.30. The predicted octanol–water partition coefficient (Wildman–Crippen LogP) is 3.62. The lowest BCUT2D eigenvalue weighted by Crippen LogP contribution is -2.25. The van der Waals surface area contributed by atoms with Gasteiger partial charge in [0.25, 0.3) is 0 Å². The zero-order valence-corrected chi connectivity index (χ0v) is 14.0. The Kier molecular flexibility index (Phi) is 3.47. The monoisotopic (exact) mass is 407 g/mol. The van der Waals surface area contributed by atoms with Crippen LogP contribution in [0.4, 0.5) is 13.2 Å². The van der Waals surface area contributed by atoms with Crippen LogP contribution in [0.3, 0.4) is 0 Å². The van der Waals surface area contributed by atoms with E-state index in [-0.39, 0.29) is 5.69 Å². The Labute approximate surface area is 147 Å². The van der Waals surface area contributed by atoms with Crippen LogP contribution in [0.5, 0.6) is 5.88 Å². The molecule has 0 N–H and O–H groups in total. The summed E-state index contributed by atoms with van der Waals surface area (Å²) in [5.74, 6) is -0.411. The summed E-state index contributed by atoms with van der Waals surface area (Å²) in [5, 5.41) is 17.8. The lowest BCUT2D eigenvalue weighted by molar-refractivity contribution is -0.556. The number of halogens is 4. The minimum absolute atomic E-state index is 0.266. The molecule has 126 valence electrons. The number of para-hydroxylation sites is 1. The number of pyridine rings is 1. The van der Waals surface area contributed by atoms with Gasteiger partial charge in [0, 0.05) is 15.9 Å². The fraction of sp³-hybridized carbons (Fsp3) is 0.0588. The van der Waals surface area contributed by atoms with Gasteiger partial charge in [-0.25, -0.2) is 0 Å². The summed E-state index contributed by atoms with van der Waals surface area (Å²) in [4.78, 5) is 0. The second kappa shape index (κ2) is 5.45. The zero-order chi connectivity index (χ0) is 17.8. The number of benzene rings is 2. The van der Waals surface area contributed by atoms with Gasteiger partial charge in [0.15, 0.2) is 16.7 Å². The number of hydrogen-bond acceptors (Lipinski definition) is 2. The average molecular weight is 408 g/mol. The Morgan fingerprint density at radius 1 is 1.00 bits per heavy atom. The van der Waals surface area contributed by atoms with Crippen molar-refractivity contribution in [1.29, 1.82) is 0 Å². The number of hydrogen-bond donors (Lipinski definition) is 0. The van der Waals surface area contributed by atoms with Crippen molar-refractivity contribution in [1.82, 2.24) is 9.90 Å². The number of aromatic nitrogens is 3. The molecular weight excluding hydrogens is 399 g/mol. The van der Waals surface area contributed by atoms with Crippen LogP contribution in [0.1, 0.15) is 5.56 Å². The molecule has 4 aromatic rings. The molecule has 2 aromatic carbocycles. The van der Waals surface area contributed by atoms with Gasteiger partial charge in [0.1, 0.15) is 11.1 Å². The maximum Gasteiger partial charge on any atom is 0.416 e. The summed E-state index contributed by atoms with van der Waals surface area (Å²) in [6.45, 7) is 0. The molecular formula is C17H9BrF3N3O. The highest BCUT2D eigenvalue weighted by molar-refractivity contribution is 9.10. The van der Waals surface area contributed by atoms with Crippen molar-refractivity contribution >= 4 is 32.3 Å². The van der Waals surface area contributed by atoms with Crippen LogP contribution < -0.4 is 9.62 Å². The van der Waals surface area contributed by atoms with E-state index in [9.17, 15) is 18.3 Å². The summed E-state index contributed by atoms with van der Waals surface area (Å²) in [6.07, 6.45) is -4.43. The number of nitrogens with zero attached hydrogens (tertiary/aromatic N) is 3.